The number of benzene rings is 1. The van der Waals surface area contributed by atoms with E-state index in [1.165, 1.54) is 6.07 Å². The van der Waals surface area contributed by atoms with Gasteiger partial charge in [-0.15, -0.1) is 11.3 Å². The van der Waals surface area contributed by atoms with Crippen molar-refractivity contribution in [1.29, 1.82) is 0 Å². The molecule has 0 aliphatic carbocycles. The summed E-state index contributed by atoms with van der Waals surface area (Å²) in [6.07, 6.45) is 1.04. The summed E-state index contributed by atoms with van der Waals surface area (Å²) in [5.74, 6) is -0.613. The molecular formula is C13H11BrFNOS. The molecule has 1 heterocycles. The number of hydrogen-bond acceptors (Lipinski definition) is 2. The van der Waals surface area contributed by atoms with Gasteiger partial charge in [0.15, 0.2) is 0 Å². The van der Waals surface area contributed by atoms with Crippen molar-refractivity contribution in [3.05, 3.63) is 50.9 Å². The van der Waals surface area contributed by atoms with E-state index in [-0.39, 0.29) is 11.6 Å². The Bertz CT molecular complexity index is 542. The Morgan fingerprint density at radius 2 is 2.22 bits per heavy atom. The zero-order chi connectivity index (χ0) is 13.0. The van der Waals surface area contributed by atoms with Gasteiger partial charge in [0, 0.05) is 15.8 Å². The lowest BCUT2D eigenvalue weighted by Gasteiger charge is -2.06. The van der Waals surface area contributed by atoms with Gasteiger partial charge in [-0.05, 0) is 36.1 Å². The molecule has 2 aromatic rings. The Hall–Kier alpha value is -1.20. The standard InChI is InChI=1S/C13H11BrFNOS/c14-9-3-5-12(11(15)8-9)16-13(17)6-4-10-2-1-7-18-10/h1-3,5,7-8H,4,6H2,(H,16,17). The number of aryl methyl sites for hydroxylation is 1. The van der Waals surface area contributed by atoms with Crippen LogP contribution in [0.15, 0.2) is 40.2 Å². The van der Waals surface area contributed by atoms with E-state index in [1.54, 1.807) is 23.5 Å². The van der Waals surface area contributed by atoms with Gasteiger partial charge >= 0.3 is 0 Å². The lowest BCUT2D eigenvalue weighted by molar-refractivity contribution is -0.116. The number of amides is 1. The molecule has 1 aromatic carbocycles. The number of halogens is 2. The van der Waals surface area contributed by atoms with Crippen LogP contribution in [-0.4, -0.2) is 5.91 Å². The Kier molecular flexibility index (Phi) is 4.49. The van der Waals surface area contributed by atoms with Gasteiger partial charge in [0.2, 0.25) is 5.91 Å². The lowest BCUT2D eigenvalue weighted by atomic mass is 10.2. The van der Waals surface area contributed by atoms with Crippen molar-refractivity contribution in [3.63, 3.8) is 0 Å². The van der Waals surface area contributed by atoms with Gasteiger partial charge in [-0.1, -0.05) is 22.0 Å². The molecule has 2 nitrogen and oxygen atoms in total. The molecule has 5 heteroatoms. The highest BCUT2D eigenvalue weighted by Crippen LogP contribution is 2.19. The fourth-order valence-electron chi connectivity index (χ4n) is 1.50. The van der Waals surface area contributed by atoms with Gasteiger partial charge in [-0.25, -0.2) is 4.39 Å². The minimum absolute atomic E-state index is 0.176. The van der Waals surface area contributed by atoms with E-state index in [1.807, 2.05) is 17.5 Å². The molecule has 0 fully saturated rings. The van der Waals surface area contributed by atoms with Gasteiger partial charge in [0.25, 0.3) is 0 Å². The van der Waals surface area contributed by atoms with Crippen LogP contribution in [0.2, 0.25) is 0 Å². The van der Waals surface area contributed by atoms with E-state index in [2.05, 4.69) is 21.2 Å². The van der Waals surface area contributed by atoms with Crippen molar-refractivity contribution >= 4 is 38.9 Å². The Morgan fingerprint density at radius 1 is 1.39 bits per heavy atom. The number of anilines is 1. The van der Waals surface area contributed by atoms with Gasteiger partial charge in [-0.3, -0.25) is 4.79 Å². The van der Waals surface area contributed by atoms with Crippen molar-refractivity contribution in [3.8, 4) is 0 Å². The van der Waals surface area contributed by atoms with Crippen LogP contribution < -0.4 is 5.32 Å². The fourth-order valence-corrected chi connectivity index (χ4v) is 2.54. The molecule has 1 aromatic heterocycles. The first-order chi connectivity index (χ1) is 8.65. The zero-order valence-corrected chi connectivity index (χ0v) is 11.9. The second kappa shape index (κ2) is 6.11. The van der Waals surface area contributed by atoms with Crippen LogP contribution in [0.4, 0.5) is 10.1 Å². The maximum Gasteiger partial charge on any atom is 0.224 e. The molecule has 1 N–H and O–H groups in total. The minimum Gasteiger partial charge on any atom is -0.324 e. The smallest absolute Gasteiger partial charge is 0.224 e. The third kappa shape index (κ3) is 3.65. The molecule has 18 heavy (non-hydrogen) atoms. The SMILES string of the molecule is O=C(CCc1cccs1)Nc1ccc(Br)cc1F. The van der Waals surface area contributed by atoms with Crippen molar-refractivity contribution in [2.24, 2.45) is 0 Å². The van der Waals surface area contributed by atoms with E-state index < -0.39 is 5.82 Å². The Labute approximate surface area is 117 Å². The summed E-state index contributed by atoms with van der Waals surface area (Å²) in [6, 6.07) is 8.50. The molecule has 0 aliphatic rings. The number of thiophene rings is 1. The van der Waals surface area contributed by atoms with Crippen LogP contribution in [0.5, 0.6) is 0 Å². The van der Waals surface area contributed by atoms with Crippen LogP contribution in [0.1, 0.15) is 11.3 Å². The second-order valence-electron chi connectivity index (χ2n) is 3.75. The zero-order valence-electron chi connectivity index (χ0n) is 9.45. The Morgan fingerprint density at radius 3 is 2.89 bits per heavy atom. The van der Waals surface area contributed by atoms with Crippen molar-refractivity contribution in [2.45, 2.75) is 12.8 Å². The normalized spacial score (nSPS) is 10.3. The van der Waals surface area contributed by atoms with E-state index >= 15 is 0 Å². The van der Waals surface area contributed by atoms with Crippen LogP contribution in [0, 0.1) is 5.82 Å². The predicted molar refractivity (Wildman–Crippen MR) is 75.4 cm³/mol. The van der Waals surface area contributed by atoms with E-state index in [0.29, 0.717) is 17.3 Å². The highest BCUT2D eigenvalue weighted by Gasteiger charge is 2.07. The molecule has 0 bridgehead atoms. The quantitative estimate of drug-likeness (QED) is 0.894. The van der Waals surface area contributed by atoms with Gasteiger partial charge in [0.05, 0.1) is 5.69 Å². The van der Waals surface area contributed by atoms with Gasteiger partial charge in [-0.2, -0.15) is 0 Å². The fraction of sp³-hybridized carbons (Fsp3) is 0.154. The molecule has 0 unspecified atom stereocenters. The first-order valence-corrected chi connectivity index (χ1v) is 7.10. The van der Waals surface area contributed by atoms with Gasteiger partial charge < -0.3 is 5.32 Å². The average molecular weight is 328 g/mol. The van der Waals surface area contributed by atoms with Gasteiger partial charge in [0.1, 0.15) is 5.82 Å². The third-order valence-electron chi connectivity index (χ3n) is 2.38. The largest absolute Gasteiger partial charge is 0.324 e. The summed E-state index contributed by atoms with van der Waals surface area (Å²) in [5.41, 5.74) is 0.217. The first kappa shape index (κ1) is 13.2. The third-order valence-corrected chi connectivity index (χ3v) is 3.81. The number of carbonyl (C=O) groups excluding carboxylic acids is 1. The highest BCUT2D eigenvalue weighted by atomic mass is 79.9. The Balaban J connectivity index is 1.91. The average Bonchev–Trinajstić information content (AvgIpc) is 2.83. The van der Waals surface area contributed by atoms with Crippen LogP contribution in [0.25, 0.3) is 0 Å². The molecule has 0 atom stereocenters. The summed E-state index contributed by atoms with van der Waals surface area (Å²) in [5, 5.41) is 4.54. The molecule has 94 valence electrons. The summed E-state index contributed by atoms with van der Waals surface area (Å²) in [4.78, 5) is 12.8. The summed E-state index contributed by atoms with van der Waals surface area (Å²) in [6.45, 7) is 0. The number of nitrogens with one attached hydrogen (secondary N) is 1. The maximum atomic E-state index is 13.5. The van der Waals surface area contributed by atoms with Crippen molar-refractivity contribution in [2.75, 3.05) is 5.32 Å². The van der Waals surface area contributed by atoms with Crippen LogP contribution >= 0.6 is 27.3 Å². The highest BCUT2D eigenvalue weighted by molar-refractivity contribution is 9.10. The molecule has 1 amide bonds. The topological polar surface area (TPSA) is 29.1 Å². The lowest BCUT2D eigenvalue weighted by Crippen LogP contribution is -2.13. The second-order valence-corrected chi connectivity index (χ2v) is 5.70. The van der Waals surface area contributed by atoms with Crippen LogP contribution in [-0.2, 0) is 11.2 Å². The number of carbonyl (C=O) groups is 1. The van der Waals surface area contributed by atoms with Crippen molar-refractivity contribution in [1.82, 2.24) is 0 Å². The van der Waals surface area contributed by atoms with E-state index in [9.17, 15) is 9.18 Å². The molecule has 0 saturated carbocycles. The van der Waals surface area contributed by atoms with Crippen LogP contribution in [0.3, 0.4) is 0 Å². The molecule has 0 saturated heterocycles. The molecular weight excluding hydrogens is 317 g/mol. The minimum atomic E-state index is -0.436. The predicted octanol–water partition coefficient (Wildman–Crippen LogP) is 4.22. The number of hydrogen-bond donors (Lipinski definition) is 1. The molecule has 0 radical (unpaired) electrons. The van der Waals surface area contributed by atoms with Crippen molar-refractivity contribution < 1.29 is 9.18 Å². The maximum absolute atomic E-state index is 13.5. The first-order valence-electron chi connectivity index (χ1n) is 5.42. The summed E-state index contributed by atoms with van der Waals surface area (Å²) >= 11 is 4.78. The van der Waals surface area contributed by atoms with E-state index in [4.69, 9.17) is 0 Å². The molecule has 2 rings (SSSR count). The molecule has 0 aliphatic heterocycles. The van der Waals surface area contributed by atoms with E-state index in [0.717, 1.165) is 4.88 Å². The number of rotatable bonds is 4. The monoisotopic (exact) mass is 327 g/mol. The summed E-state index contributed by atoms with van der Waals surface area (Å²) in [7, 11) is 0. The molecule has 0 spiro atoms. The summed E-state index contributed by atoms with van der Waals surface area (Å²) < 4.78 is 14.1.